The Bertz CT molecular complexity index is 850. The summed E-state index contributed by atoms with van der Waals surface area (Å²) in [5.74, 6) is 0.791. The quantitative estimate of drug-likeness (QED) is 0.230. The van der Waals surface area contributed by atoms with Gasteiger partial charge in [0.05, 0.1) is 16.3 Å². The summed E-state index contributed by atoms with van der Waals surface area (Å²) in [5.41, 5.74) is 2.19. The molecule has 1 aromatic heterocycles. The Balaban J connectivity index is 0.00000392. The van der Waals surface area contributed by atoms with Crippen LogP contribution in [0, 0.1) is 13.8 Å². The molecule has 2 aromatic rings. The highest BCUT2D eigenvalue weighted by molar-refractivity contribution is 14.0. The molecule has 0 atom stereocenters. The number of sulfone groups is 1. The van der Waals surface area contributed by atoms with E-state index >= 15 is 0 Å². The molecule has 0 saturated heterocycles. The van der Waals surface area contributed by atoms with E-state index in [1.165, 1.54) is 0 Å². The fourth-order valence-electron chi connectivity index (χ4n) is 2.77. The molecule has 0 fully saturated rings. The number of hydrogen-bond acceptors (Lipinski definition) is 4. The number of nitrogens with one attached hydrogen (secondary N) is 2. The molecule has 156 valence electrons. The van der Waals surface area contributed by atoms with Crippen LogP contribution in [0.1, 0.15) is 24.2 Å². The maximum Gasteiger partial charge on any atom is 0.190 e. The first-order valence-electron chi connectivity index (χ1n) is 9.16. The van der Waals surface area contributed by atoms with E-state index in [0.717, 1.165) is 30.9 Å². The van der Waals surface area contributed by atoms with Gasteiger partial charge in [-0.25, -0.2) is 8.42 Å². The zero-order valence-electron chi connectivity index (χ0n) is 16.7. The molecular weight excluding hydrogens is 489 g/mol. The van der Waals surface area contributed by atoms with E-state index in [4.69, 9.17) is 0 Å². The number of hydrogen-bond donors (Lipinski definition) is 2. The number of rotatable bonds is 9. The minimum absolute atomic E-state index is 0. The normalized spacial score (nSPS) is 11.8. The van der Waals surface area contributed by atoms with Gasteiger partial charge >= 0.3 is 0 Å². The number of aromatic nitrogens is 2. The lowest BCUT2D eigenvalue weighted by Crippen LogP contribution is -2.38. The summed E-state index contributed by atoms with van der Waals surface area (Å²) in [7, 11) is -1.52. The molecule has 0 spiro atoms. The van der Waals surface area contributed by atoms with Crippen molar-refractivity contribution < 1.29 is 8.42 Å². The van der Waals surface area contributed by atoms with Gasteiger partial charge in [0.25, 0.3) is 0 Å². The van der Waals surface area contributed by atoms with Gasteiger partial charge in [0.2, 0.25) is 0 Å². The topological polar surface area (TPSA) is 88.4 Å². The van der Waals surface area contributed by atoms with Crippen molar-refractivity contribution in [1.29, 1.82) is 0 Å². The summed E-state index contributed by atoms with van der Waals surface area (Å²) >= 11 is 0. The molecule has 0 aliphatic heterocycles. The van der Waals surface area contributed by atoms with Gasteiger partial charge in [-0.15, -0.1) is 24.0 Å². The van der Waals surface area contributed by atoms with Crippen LogP contribution in [0.15, 0.2) is 46.3 Å². The van der Waals surface area contributed by atoms with Crippen molar-refractivity contribution >= 4 is 39.8 Å². The van der Waals surface area contributed by atoms with Crippen molar-refractivity contribution in [1.82, 2.24) is 20.4 Å². The highest BCUT2D eigenvalue weighted by Gasteiger charge is 2.13. The first-order chi connectivity index (χ1) is 12.9. The summed E-state index contributed by atoms with van der Waals surface area (Å²) in [5, 5.41) is 10.8. The summed E-state index contributed by atoms with van der Waals surface area (Å²) in [4.78, 5) is 4.54. The highest BCUT2D eigenvalue weighted by atomic mass is 127. The lowest BCUT2D eigenvalue weighted by Gasteiger charge is -2.12. The molecule has 1 heterocycles. The fraction of sp³-hybridized carbons (Fsp3) is 0.474. The van der Waals surface area contributed by atoms with Crippen LogP contribution in [-0.4, -0.2) is 50.0 Å². The van der Waals surface area contributed by atoms with Crippen LogP contribution < -0.4 is 10.6 Å². The lowest BCUT2D eigenvalue weighted by molar-refractivity contribution is 0.555. The second-order valence-corrected chi connectivity index (χ2v) is 8.52. The molecule has 0 saturated carbocycles. The second-order valence-electron chi connectivity index (χ2n) is 6.42. The van der Waals surface area contributed by atoms with E-state index in [9.17, 15) is 8.42 Å². The molecule has 0 bridgehead atoms. The van der Waals surface area contributed by atoms with Crippen molar-refractivity contribution in [2.75, 3.05) is 25.9 Å². The molecule has 0 aliphatic carbocycles. The lowest BCUT2D eigenvalue weighted by atomic mass is 10.4. The molecule has 2 rings (SSSR count). The Morgan fingerprint density at radius 2 is 1.75 bits per heavy atom. The van der Waals surface area contributed by atoms with Crippen LogP contribution in [0.25, 0.3) is 0 Å². The summed E-state index contributed by atoms with van der Waals surface area (Å²) in [6.45, 7) is 6.20. The molecule has 0 aliphatic rings. The van der Waals surface area contributed by atoms with Gasteiger partial charge in [0.1, 0.15) is 0 Å². The SMILES string of the molecule is CN=C(NCCCn1nc(C)cc1C)NCCCS(=O)(=O)c1ccccc1.I. The monoisotopic (exact) mass is 519 g/mol. The molecule has 2 N–H and O–H groups in total. The van der Waals surface area contributed by atoms with Crippen LogP contribution >= 0.6 is 24.0 Å². The zero-order chi connectivity index (χ0) is 19.7. The smallest absolute Gasteiger partial charge is 0.190 e. The molecule has 7 nitrogen and oxygen atoms in total. The van der Waals surface area contributed by atoms with Crippen molar-refractivity contribution in [2.24, 2.45) is 4.99 Å². The molecule has 0 amide bonds. The Kier molecular flexibility index (Phi) is 10.5. The summed E-state index contributed by atoms with van der Waals surface area (Å²) in [6.07, 6.45) is 1.44. The van der Waals surface area contributed by atoms with E-state index < -0.39 is 9.84 Å². The van der Waals surface area contributed by atoms with E-state index in [-0.39, 0.29) is 29.7 Å². The van der Waals surface area contributed by atoms with Crippen LogP contribution in [0.4, 0.5) is 0 Å². The summed E-state index contributed by atoms with van der Waals surface area (Å²) in [6, 6.07) is 10.6. The minimum Gasteiger partial charge on any atom is -0.356 e. The van der Waals surface area contributed by atoms with Gasteiger partial charge in [-0.1, -0.05) is 18.2 Å². The van der Waals surface area contributed by atoms with Crippen LogP contribution in [0.5, 0.6) is 0 Å². The Hall–Kier alpha value is -1.62. The minimum atomic E-state index is -3.23. The average Bonchev–Trinajstić information content (AvgIpc) is 2.98. The van der Waals surface area contributed by atoms with Crippen LogP contribution in [0.3, 0.4) is 0 Å². The predicted molar refractivity (Wildman–Crippen MR) is 124 cm³/mol. The molecule has 1 aromatic carbocycles. The largest absolute Gasteiger partial charge is 0.356 e. The molecule has 0 unspecified atom stereocenters. The first kappa shape index (κ1) is 24.4. The number of halogens is 1. The van der Waals surface area contributed by atoms with Crippen molar-refractivity contribution in [3.05, 3.63) is 47.8 Å². The molecular formula is C19H30IN5O2S. The van der Waals surface area contributed by atoms with Gasteiger partial charge in [0.15, 0.2) is 15.8 Å². The van der Waals surface area contributed by atoms with Gasteiger partial charge in [-0.05, 0) is 44.9 Å². The number of aliphatic imine (C=N–C) groups is 1. The van der Waals surface area contributed by atoms with Gasteiger partial charge in [-0.3, -0.25) is 9.67 Å². The third-order valence-corrected chi connectivity index (χ3v) is 5.97. The highest BCUT2D eigenvalue weighted by Crippen LogP contribution is 2.10. The third-order valence-electron chi connectivity index (χ3n) is 4.15. The Labute approximate surface area is 185 Å². The average molecular weight is 519 g/mol. The maximum absolute atomic E-state index is 12.2. The van der Waals surface area contributed by atoms with E-state index in [0.29, 0.717) is 23.8 Å². The number of guanidine groups is 1. The van der Waals surface area contributed by atoms with Crippen molar-refractivity contribution in [3.8, 4) is 0 Å². The standard InChI is InChI=1S/C19H29N5O2S.HI/c1-16-15-17(2)24(23-16)13-7-11-21-19(20-3)22-12-8-14-27(25,26)18-9-5-4-6-10-18;/h4-6,9-10,15H,7-8,11-14H2,1-3H3,(H2,20,21,22);1H. The number of nitrogens with zero attached hydrogens (tertiary/aromatic N) is 3. The molecule has 0 radical (unpaired) electrons. The van der Waals surface area contributed by atoms with E-state index in [1.807, 2.05) is 17.7 Å². The van der Waals surface area contributed by atoms with Crippen LogP contribution in [-0.2, 0) is 16.4 Å². The van der Waals surface area contributed by atoms with Crippen LogP contribution in [0.2, 0.25) is 0 Å². The Morgan fingerprint density at radius 1 is 1.11 bits per heavy atom. The summed E-state index contributed by atoms with van der Waals surface area (Å²) < 4.78 is 26.5. The number of aryl methyl sites for hydroxylation is 3. The first-order valence-corrected chi connectivity index (χ1v) is 10.8. The van der Waals surface area contributed by atoms with E-state index in [1.54, 1.807) is 31.3 Å². The number of benzene rings is 1. The van der Waals surface area contributed by atoms with Crippen molar-refractivity contribution in [2.45, 2.75) is 38.1 Å². The second kappa shape index (κ2) is 12.1. The van der Waals surface area contributed by atoms with Gasteiger partial charge in [0, 0.05) is 32.4 Å². The van der Waals surface area contributed by atoms with Gasteiger partial charge < -0.3 is 10.6 Å². The molecule has 28 heavy (non-hydrogen) atoms. The zero-order valence-corrected chi connectivity index (χ0v) is 19.8. The third kappa shape index (κ3) is 7.78. The fourth-order valence-corrected chi connectivity index (χ4v) is 4.10. The van der Waals surface area contributed by atoms with Gasteiger partial charge in [-0.2, -0.15) is 5.10 Å². The maximum atomic E-state index is 12.2. The Morgan fingerprint density at radius 3 is 2.32 bits per heavy atom. The molecule has 9 heteroatoms. The predicted octanol–water partition coefficient (Wildman–Crippen LogP) is 2.54. The van der Waals surface area contributed by atoms with E-state index in [2.05, 4.69) is 33.7 Å². The van der Waals surface area contributed by atoms with Crippen molar-refractivity contribution in [3.63, 3.8) is 0 Å².